The number of halogens is 1. The quantitative estimate of drug-likeness (QED) is 0.317. The zero-order valence-corrected chi connectivity index (χ0v) is 22.3. The second-order valence-corrected chi connectivity index (χ2v) is 11.3. The molecule has 1 aromatic carbocycles. The van der Waals surface area contributed by atoms with E-state index in [0.29, 0.717) is 36.1 Å². The van der Waals surface area contributed by atoms with Crippen molar-refractivity contribution in [2.75, 3.05) is 19.7 Å². The van der Waals surface area contributed by atoms with E-state index in [4.69, 9.17) is 24.7 Å². The van der Waals surface area contributed by atoms with E-state index in [2.05, 4.69) is 20.5 Å². The molecule has 3 unspecified atom stereocenters. The van der Waals surface area contributed by atoms with E-state index in [1.807, 2.05) is 12.1 Å². The van der Waals surface area contributed by atoms with Gasteiger partial charge >= 0.3 is 5.97 Å². The maximum atomic E-state index is 14.3. The number of carboxylic acid groups (broad SMARTS) is 1. The number of hydrogen-bond acceptors (Lipinski definition) is 7. The van der Waals surface area contributed by atoms with Crippen molar-refractivity contribution in [1.29, 1.82) is 5.26 Å². The SMILES string of the molecule is N#Cc1ccc(COc2cccc(C34CCN(Cc5nc6[nH]c(C(=O)O)cc6n5CC5CCO5)CC3C4)n2)c(F)c1. The lowest BCUT2D eigenvalue weighted by atomic mass is 9.91. The van der Waals surface area contributed by atoms with Gasteiger partial charge in [-0.15, -0.1) is 0 Å². The Hall–Kier alpha value is -4.27. The average Bonchev–Trinajstić information content (AvgIpc) is 3.40. The predicted molar refractivity (Wildman–Crippen MR) is 145 cm³/mol. The number of piperidine rings is 1. The molecule has 3 atom stereocenters. The molecule has 1 aliphatic carbocycles. The van der Waals surface area contributed by atoms with Gasteiger partial charge in [0.25, 0.3) is 0 Å². The summed E-state index contributed by atoms with van der Waals surface area (Å²) in [5, 5.41) is 18.4. The van der Waals surface area contributed by atoms with E-state index < -0.39 is 11.8 Å². The molecule has 7 rings (SSSR count). The highest BCUT2D eigenvalue weighted by Crippen LogP contribution is 2.59. The van der Waals surface area contributed by atoms with Crippen molar-refractivity contribution in [3.8, 4) is 11.9 Å². The molecule has 0 bridgehead atoms. The summed E-state index contributed by atoms with van der Waals surface area (Å²) in [4.78, 5) is 26.4. The third-order valence-corrected chi connectivity index (χ3v) is 8.77. The molecule has 41 heavy (non-hydrogen) atoms. The Labute approximate surface area is 235 Å². The molecule has 10 nitrogen and oxygen atoms in total. The topological polar surface area (TPSA) is 129 Å². The fourth-order valence-corrected chi connectivity index (χ4v) is 6.25. The van der Waals surface area contributed by atoms with Gasteiger partial charge in [-0.25, -0.2) is 19.2 Å². The van der Waals surface area contributed by atoms with Crippen LogP contribution in [0, 0.1) is 23.1 Å². The molecule has 3 aromatic heterocycles. The molecule has 3 fully saturated rings. The molecule has 0 spiro atoms. The number of benzene rings is 1. The number of nitrogens with zero attached hydrogens (tertiary/aromatic N) is 5. The number of fused-ring (bicyclic) bond motifs is 2. The first kappa shape index (κ1) is 25.7. The van der Waals surface area contributed by atoms with Gasteiger partial charge < -0.3 is 24.1 Å². The maximum absolute atomic E-state index is 14.3. The van der Waals surface area contributed by atoms with E-state index in [1.54, 1.807) is 24.3 Å². The number of aromatic carboxylic acids is 1. The highest BCUT2D eigenvalue weighted by Gasteiger charge is 2.58. The number of hydrogen-bond donors (Lipinski definition) is 2. The van der Waals surface area contributed by atoms with Crippen LogP contribution in [-0.4, -0.2) is 61.3 Å². The van der Waals surface area contributed by atoms with Crippen molar-refractivity contribution in [3.05, 3.63) is 76.6 Å². The van der Waals surface area contributed by atoms with Crippen LogP contribution in [0.1, 0.15) is 52.4 Å². The molecule has 0 radical (unpaired) electrons. The summed E-state index contributed by atoms with van der Waals surface area (Å²) in [5.74, 6) is 0.382. The van der Waals surface area contributed by atoms with E-state index in [9.17, 15) is 14.3 Å². The Balaban J connectivity index is 1.03. The van der Waals surface area contributed by atoms with Gasteiger partial charge in [-0.3, -0.25) is 4.90 Å². The Morgan fingerprint density at radius 3 is 2.90 bits per heavy atom. The number of nitrogens with one attached hydrogen (secondary N) is 1. The first-order chi connectivity index (χ1) is 19.9. The molecule has 2 aliphatic heterocycles. The number of aromatic nitrogens is 4. The summed E-state index contributed by atoms with van der Waals surface area (Å²) < 4.78 is 27.9. The van der Waals surface area contributed by atoms with Gasteiger partial charge in [-0.05, 0) is 56.0 Å². The molecule has 2 saturated heterocycles. The Morgan fingerprint density at radius 2 is 2.17 bits per heavy atom. The number of H-pyrrole nitrogens is 1. The summed E-state index contributed by atoms with van der Waals surface area (Å²) in [6.07, 6.45) is 3.13. The number of rotatable bonds is 9. The molecule has 4 aromatic rings. The normalized spacial score (nSPS) is 23.5. The van der Waals surface area contributed by atoms with Crippen LogP contribution in [0.25, 0.3) is 11.2 Å². The number of pyridine rings is 1. The summed E-state index contributed by atoms with van der Waals surface area (Å²) in [6.45, 7) is 3.95. The van der Waals surface area contributed by atoms with Gasteiger partial charge in [-0.2, -0.15) is 5.26 Å². The highest BCUT2D eigenvalue weighted by atomic mass is 19.1. The third kappa shape index (κ3) is 4.73. The average molecular weight is 557 g/mol. The third-order valence-electron chi connectivity index (χ3n) is 8.77. The second-order valence-electron chi connectivity index (χ2n) is 11.3. The van der Waals surface area contributed by atoms with Crippen molar-refractivity contribution in [2.45, 2.75) is 50.5 Å². The standard InChI is InChI=1S/C30H29FN6O4/c31-22-10-18(13-32)4-5-19(22)17-41-27-3-1-2-25(34-27)30-7-8-36(14-20(30)12-30)16-26-35-28-24(11-23(33-28)29(38)39)37(26)15-21-6-9-40-21/h1-5,10-11,20-21,33H,6-9,12,14-17H2,(H,38,39). The monoisotopic (exact) mass is 556 g/mol. The number of nitriles is 1. The lowest BCUT2D eigenvalue weighted by Crippen LogP contribution is -2.37. The molecular weight excluding hydrogens is 527 g/mol. The van der Waals surface area contributed by atoms with E-state index >= 15 is 0 Å². The van der Waals surface area contributed by atoms with Crippen molar-refractivity contribution in [3.63, 3.8) is 0 Å². The molecule has 3 aliphatic rings. The van der Waals surface area contributed by atoms with Crippen LogP contribution in [0.4, 0.5) is 4.39 Å². The fourth-order valence-electron chi connectivity index (χ4n) is 6.25. The van der Waals surface area contributed by atoms with Crippen LogP contribution in [0.3, 0.4) is 0 Å². The van der Waals surface area contributed by atoms with Gasteiger partial charge in [-0.1, -0.05) is 12.1 Å². The predicted octanol–water partition coefficient (Wildman–Crippen LogP) is 4.00. The number of imidazole rings is 1. The molecular formula is C30H29FN6O4. The summed E-state index contributed by atoms with van der Waals surface area (Å²) in [5.41, 5.74) is 3.22. The molecule has 2 N–H and O–H groups in total. The first-order valence-corrected chi connectivity index (χ1v) is 13.9. The van der Waals surface area contributed by atoms with Gasteiger partial charge in [0.2, 0.25) is 5.88 Å². The lowest BCUT2D eigenvalue weighted by molar-refractivity contribution is -0.0592. The number of likely N-dealkylation sites (tertiary alicyclic amines) is 1. The smallest absolute Gasteiger partial charge is 0.352 e. The minimum atomic E-state index is -0.999. The largest absolute Gasteiger partial charge is 0.477 e. The molecule has 1 saturated carbocycles. The van der Waals surface area contributed by atoms with Gasteiger partial charge in [0.05, 0.1) is 42.0 Å². The lowest BCUT2D eigenvalue weighted by Gasteiger charge is -2.32. The van der Waals surface area contributed by atoms with Crippen LogP contribution < -0.4 is 4.74 Å². The Kier molecular flexibility index (Phi) is 6.25. The van der Waals surface area contributed by atoms with Gasteiger partial charge in [0.1, 0.15) is 23.9 Å². The number of aromatic amines is 1. The van der Waals surface area contributed by atoms with Crippen LogP contribution in [0.15, 0.2) is 42.5 Å². The number of carboxylic acids is 1. The highest BCUT2D eigenvalue weighted by molar-refractivity contribution is 5.91. The van der Waals surface area contributed by atoms with Crippen molar-refractivity contribution in [2.24, 2.45) is 5.92 Å². The zero-order chi connectivity index (χ0) is 28.1. The minimum Gasteiger partial charge on any atom is -0.477 e. The second kappa shape index (κ2) is 9.98. The Morgan fingerprint density at radius 1 is 1.29 bits per heavy atom. The summed E-state index contributed by atoms with van der Waals surface area (Å²) >= 11 is 0. The van der Waals surface area contributed by atoms with Crippen molar-refractivity contribution >= 4 is 17.1 Å². The molecule has 11 heteroatoms. The molecule has 5 heterocycles. The summed E-state index contributed by atoms with van der Waals surface area (Å²) in [6, 6.07) is 13.7. The summed E-state index contributed by atoms with van der Waals surface area (Å²) in [7, 11) is 0. The first-order valence-electron chi connectivity index (χ1n) is 13.9. The maximum Gasteiger partial charge on any atom is 0.352 e. The van der Waals surface area contributed by atoms with Crippen molar-refractivity contribution < 1.29 is 23.8 Å². The Bertz CT molecular complexity index is 1690. The van der Waals surface area contributed by atoms with Crippen LogP contribution in [0.2, 0.25) is 0 Å². The van der Waals surface area contributed by atoms with Crippen molar-refractivity contribution in [1.82, 2.24) is 24.4 Å². The number of carbonyl (C=O) groups is 1. The van der Waals surface area contributed by atoms with Gasteiger partial charge in [0, 0.05) is 30.2 Å². The van der Waals surface area contributed by atoms with E-state index in [1.165, 1.54) is 6.07 Å². The minimum absolute atomic E-state index is 0.0210. The number of ether oxygens (including phenoxy) is 2. The van der Waals surface area contributed by atoms with Crippen LogP contribution in [-0.2, 0) is 29.8 Å². The molecule has 210 valence electrons. The zero-order valence-electron chi connectivity index (χ0n) is 22.3. The van der Waals surface area contributed by atoms with Crippen LogP contribution >= 0.6 is 0 Å². The van der Waals surface area contributed by atoms with Crippen LogP contribution in [0.5, 0.6) is 5.88 Å². The fraction of sp³-hybridized carbons (Fsp3) is 0.400. The van der Waals surface area contributed by atoms with Gasteiger partial charge in [0.15, 0.2) is 5.65 Å². The van der Waals surface area contributed by atoms with E-state index in [-0.39, 0.29) is 29.4 Å². The van der Waals surface area contributed by atoms with E-state index in [0.717, 1.165) is 56.0 Å². The molecule has 0 amide bonds.